The summed E-state index contributed by atoms with van der Waals surface area (Å²) in [7, 11) is 4.83. The number of likely N-dealkylation sites (N-methyl/N-ethyl adjacent to an activating group) is 1. The van der Waals surface area contributed by atoms with Crippen LogP contribution in [-0.4, -0.2) is 37.4 Å². The highest BCUT2D eigenvalue weighted by Gasteiger charge is 2.34. The van der Waals surface area contributed by atoms with Gasteiger partial charge in [0.2, 0.25) is 0 Å². The van der Waals surface area contributed by atoms with Crippen LogP contribution in [0.5, 0.6) is 0 Å². The highest BCUT2D eigenvalue weighted by atomic mass is 16.5. The van der Waals surface area contributed by atoms with E-state index in [4.69, 9.17) is 0 Å². The van der Waals surface area contributed by atoms with E-state index in [1.807, 2.05) is 20.3 Å². The van der Waals surface area contributed by atoms with E-state index in [1.54, 1.807) is 12.2 Å². The minimum absolute atomic E-state index is 0.286. The molecule has 1 heterocycles. The van der Waals surface area contributed by atoms with Gasteiger partial charge in [-0.05, 0) is 6.08 Å². The van der Waals surface area contributed by atoms with Gasteiger partial charge in [-0.15, -0.1) is 0 Å². The van der Waals surface area contributed by atoms with Crippen molar-refractivity contribution in [1.29, 1.82) is 0 Å². The topological polar surface area (TPSA) is 43.4 Å². The standard InChI is InChI=1S/C9H12NO3/c1-10(2)6-4-5-7(10)8(11)9(12)13-3/h4-6H,1-3H3/q+1. The van der Waals surface area contributed by atoms with Crippen LogP contribution in [0.25, 0.3) is 0 Å². The minimum atomic E-state index is -0.818. The van der Waals surface area contributed by atoms with Gasteiger partial charge in [-0.25, -0.2) is 4.79 Å². The Morgan fingerprint density at radius 2 is 2.00 bits per heavy atom. The van der Waals surface area contributed by atoms with E-state index in [9.17, 15) is 9.59 Å². The summed E-state index contributed by atoms with van der Waals surface area (Å²) >= 11 is 0. The van der Waals surface area contributed by atoms with Crippen molar-refractivity contribution in [3.63, 3.8) is 0 Å². The number of allylic oxidation sites excluding steroid dienone is 2. The summed E-state index contributed by atoms with van der Waals surface area (Å²) in [5, 5.41) is 0. The quantitative estimate of drug-likeness (QED) is 0.348. The van der Waals surface area contributed by atoms with Crippen molar-refractivity contribution in [3.05, 3.63) is 24.0 Å². The number of Topliss-reactive ketones (excluding diaryl/α,β-unsaturated/α-hetero) is 1. The van der Waals surface area contributed by atoms with Crippen LogP contribution in [0, 0.1) is 0 Å². The lowest BCUT2D eigenvalue weighted by molar-refractivity contribution is -0.790. The fourth-order valence-electron chi connectivity index (χ4n) is 1.16. The van der Waals surface area contributed by atoms with Gasteiger partial charge >= 0.3 is 11.8 Å². The molecule has 0 spiro atoms. The number of rotatable bonds is 2. The number of carbonyl (C=O) groups is 2. The number of quaternary nitrogens is 1. The molecule has 0 aromatic carbocycles. The molecule has 0 aliphatic carbocycles. The highest BCUT2D eigenvalue weighted by molar-refractivity contribution is 6.39. The van der Waals surface area contributed by atoms with E-state index in [0.717, 1.165) is 0 Å². The number of methoxy groups -OCH3 is 1. The number of nitrogens with zero attached hydrogens (tertiary/aromatic N) is 1. The molecular formula is C9H12NO3+. The first-order chi connectivity index (χ1) is 5.99. The Hall–Kier alpha value is -1.42. The molecule has 1 aliphatic heterocycles. The molecule has 1 rings (SSSR count). The molecule has 0 N–H and O–H groups in total. The van der Waals surface area contributed by atoms with Crippen molar-refractivity contribution in [3.8, 4) is 0 Å². The van der Waals surface area contributed by atoms with Gasteiger partial charge in [-0.2, -0.15) is 0 Å². The van der Waals surface area contributed by atoms with E-state index in [1.165, 1.54) is 7.11 Å². The van der Waals surface area contributed by atoms with E-state index < -0.39 is 11.8 Å². The molecule has 4 heteroatoms. The number of esters is 1. The summed E-state index contributed by atoms with van der Waals surface area (Å²) in [4.78, 5) is 22.3. The smallest absolute Gasteiger partial charge is 0.385 e. The van der Waals surface area contributed by atoms with Gasteiger partial charge in [0.25, 0.3) is 0 Å². The zero-order valence-electron chi connectivity index (χ0n) is 7.90. The molecule has 0 aromatic rings. The Kier molecular flexibility index (Phi) is 2.34. The lowest BCUT2D eigenvalue weighted by Gasteiger charge is -2.21. The van der Waals surface area contributed by atoms with E-state index in [0.29, 0.717) is 5.70 Å². The average molecular weight is 182 g/mol. The number of ketones is 1. The second-order valence-electron chi connectivity index (χ2n) is 3.25. The molecule has 0 saturated carbocycles. The monoisotopic (exact) mass is 182 g/mol. The molecule has 0 amide bonds. The fourth-order valence-corrected chi connectivity index (χ4v) is 1.16. The summed E-state index contributed by atoms with van der Waals surface area (Å²) in [6.45, 7) is 0. The Morgan fingerprint density at radius 1 is 1.38 bits per heavy atom. The summed E-state index contributed by atoms with van der Waals surface area (Å²) in [6, 6.07) is 0. The van der Waals surface area contributed by atoms with Gasteiger partial charge in [0.1, 0.15) is 6.20 Å². The van der Waals surface area contributed by atoms with Crippen LogP contribution in [0.2, 0.25) is 0 Å². The molecule has 0 fully saturated rings. The molecule has 0 unspecified atom stereocenters. The van der Waals surface area contributed by atoms with Crippen LogP contribution in [0.1, 0.15) is 0 Å². The predicted octanol–water partition coefficient (Wildman–Crippen LogP) is 0.216. The van der Waals surface area contributed by atoms with Crippen LogP contribution < -0.4 is 0 Å². The van der Waals surface area contributed by atoms with Gasteiger partial charge in [0, 0.05) is 6.08 Å². The van der Waals surface area contributed by atoms with Gasteiger partial charge in [0.15, 0.2) is 5.70 Å². The number of ether oxygens (including phenoxy) is 1. The first-order valence-electron chi connectivity index (χ1n) is 3.85. The zero-order chi connectivity index (χ0) is 10.1. The third-order valence-electron chi connectivity index (χ3n) is 1.94. The van der Waals surface area contributed by atoms with Gasteiger partial charge < -0.3 is 4.74 Å². The van der Waals surface area contributed by atoms with E-state index in [2.05, 4.69) is 4.74 Å². The van der Waals surface area contributed by atoms with E-state index in [-0.39, 0.29) is 4.48 Å². The van der Waals surface area contributed by atoms with Crippen LogP contribution in [0.15, 0.2) is 24.0 Å². The van der Waals surface area contributed by atoms with Crippen molar-refractivity contribution in [2.45, 2.75) is 0 Å². The zero-order valence-corrected chi connectivity index (χ0v) is 7.90. The second kappa shape index (κ2) is 3.14. The fraction of sp³-hybridized carbons (Fsp3) is 0.333. The summed E-state index contributed by atoms with van der Waals surface area (Å²) in [5.41, 5.74) is 0.423. The SMILES string of the molecule is COC(=O)C(=O)C1=CC=C[N+]1(C)C. The summed E-state index contributed by atoms with van der Waals surface area (Å²) in [6.07, 6.45) is 5.19. The van der Waals surface area contributed by atoms with Crippen molar-refractivity contribution >= 4 is 11.8 Å². The van der Waals surface area contributed by atoms with Gasteiger partial charge in [-0.1, -0.05) is 0 Å². The third kappa shape index (κ3) is 1.67. The van der Waals surface area contributed by atoms with Crippen LogP contribution in [0.3, 0.4) is 0 Å². The Bertz CT molecular complexity index is 313. The maximum atomic E-state index is 11.4. The maximum Gasteiger partial charge on any atom is 0.385 e. The van der Waals surface area contributed by atoms with E-state index >= 15 is 0 Å². The highest BCUT2D eigenvalue weighted by Crippen LogP contribution is 2.19. The third-order valence-corrected chi connectivity index (χ3v) is 1.94. The molecule has 4 nitrogen and oxygen atoms in total. The molecule has 70 valence electrons. The largest absolute Gasteiger partial charge is 0.463 e. The molecule has 0 bridgehead atoms. The van der Waals surface area contributed by atoms with Crippen molar-refractivity contribution in [2.24, 2.45) is 0 Å². The molecule has 0 atom stereocenters. The molecule has 13 heavy (non-hydrogen) atoms. The Labute approximate surface area is 76.7 Å². The average Bonchev–Trinajstić information content (AvgIpc) is 2.42. The van der Waals surface area contributed by atoms with Gasteiger partial charge in [-0.3, -0.25) is 9.28 Å². The minimum Gasteiger partial charge on any atom is -0.463 e. The Balaban J connectivity index is 2.87. The van der Waals surface area contributed by atoms with Gasteiger partial charge in [0.05, 0.1) is 21.2 Å². The maximum absolute atomic E-state index is 11.4. The summed E-state index contributed by atoms with van der Waals surface area (Å²) < 4.78 is 4.64. The normalized spacial score (nSPS) is 18.2. The lowest BCUT2D eigenvalue weighted by Crippen LogP contribution is -2.37. The molecule has 1 aliphatic rings. The predicted molar refractivity (Wildman–Crippen MR) is 46.4 cm³/mol. The number of hydrogen-bond donors (Lipinski definition) is 0. The lowest BCUT2D eigenvalue weighted by atomic mass is 10.2. The number of carbonyl (C=O) groups excluding carboxylic acids is 2. The Morgan fingerprint density at radius 3 is 2.38 bits per heavy atom. The molecule has 0 radical (unpaired) electrons. The van der Waals surface area contributed by atoms with Crippen molar-refractivity contribution in [2.75, 3.05) is 21.2 Å². The molecular weight excluding hydrogens is 170 g/mol. The number of hydrogen-bond acceptors (Lipinski definition) is 3. The molecule has 0 aromatic heterocycles. The van der Waals surface area contributed by atoms with Crippen LogP contribution in [0.4, 0.5) is 0 Å². The summed E-state index contributed by atoms with van der Waals surface area (Å²) in [5.74, 6) is -1.40. The second-order valence-corrected chi connectivity index (χ2v) is 3.25. The van der Waals surface area contributed by atoms with Crippen molar-refractivity contribution < 1.29 is 18.8 Å². The van der Waals surface area contributed by atoms with Crippen molar-refractivity contribution in [1.82, 2.24) is 0 Å². The van der Waals surface area contributed by atoms with Crippen LogP contribution in [-0.2, 0) is 14.3 Å². The molecule has 0 saturated heterocycles. The first kappa shape index (κ1) is 9.67. The first-order valence-corrected chi connectivity index (χ1v) is 3.85. The van der Waals surface area contributed by atoms with Crippen LogP contribution >= 0.6 is 0 Å².